The number of rotatable bonds is 8. The van der Waals surface area contributed by atoms with Crippen LogP contribution >= 0.6 is 0 Å². The molecule has 3 aromatic carbocycles. The minimum absolute atomic E-state index is 0.0597. The first kappa shape index (κ1) is 25.7. The van der Waals surface area contributed by atoms with E-state index in [2.05, 4.69) is 39.9 Å². The molecule has 0 aliphatic rings. The minimum atomic E-state index is -1.27. The van der Waals surface area contributed by atoms with Crippen LogP contribution < -0.4 is 4.74 Å². The molecular formula is C29H36O4Si. The second-order valence-corrected chi connectivity index (χ2v) is 12.3. The zero-order chi connectivity index (χ0) is 24.9. The average Bonchev–Trinajstić information content (AvgIpc) is 2.80. The Bertz CT molecular complexity index is 1130. The lowest BCUT2D eigenvalue weighted by Gasteiger charge is -2.27. The predicted molar refractivity (Wildman–Crippen MR) is 141 cm³/mol. The van der Waals surface area contributed by atoms with Gasteiger partial charge in [-0.2, -0.15) is 0 Å². The van der Waals surface area contributed by atoms with E-state index >= 15 is 0 Å². The van der Waals surface area contributed by atoms with Gasteiger partial charge in [0.15, 0.2) is 9.04 Å². The monoisotopic (exact) mass is 476 g/mol. The molecule has 3 aromatic rings. The van der Waals surface area contributed by atoms with Gasteiger partial charge in [0.1, 0.15) is 11.9 Å². The van der Waals surface area contributed by atoms with Gasteiger partial charge in [-0.05, 0) is 71.4 Å². The highest BCUT2D eigenvalue weighted by molar-refractivity contribution is 6.48. The number of carbonyl (C=O) groups excluding carboxylic acids is 1. The minimum Gasteiger partial charge on any atom is -0.483 e. The zero-order valence-corrected chi connectivity index (χ0v) is 22.5. The lowest BCUT2D eigenvalue weighted by Crippen LogP contribution is -2.21. The van der Waals surface area contributed by atoms with Gasteiger partial charge in [0.2, 0.25) is 0 Å². The maximum Gasteiger partial charge on any atom is 0.338 e. The van der Waals surface area contributed by atoms with Crippen molar-refractivity contribution in [1.82, 2.24) is 0 Å². The van der Waals surface area contributed by atoms with Crippen LogP contribution in [0, 0.1) is 6.92 Å². The van der Waals surface area contributed by atoms with Gasteiger partial charge in [-0.25, -0.2) is 4.79 Å². The van der Waals surface area contributed by atoms with Crippen LogP contribution in [0.5, 0.6) is 5.75 Å². The number of hydrogen-bond acceptors (Lipinski definition) is 4. The molecule has 0 heterocycles. The van der Waals surface area contributed by atoms with Crippen LogP contribution in [0.4, 0.5) is 0 Å². The van der Waals surface area contributed by atoms with E-state index in [0.29, 0.717) is 12.2 Å². The van der Waals surface area contributed by atoms with Gasteiger partial charge >= 0.3 is 5.97 Å². The Balaban J connectivity index is 2.11. The maximum absolute atomic E-state index is 12.6. The molecule has 0 spiro atoms. The average molecular weight is 477 g/mol. The van der Waals surface area contributed by atoms with Crippen molar-refractivity contribution in [3.63, 3.8) is 0 Å². The summed E-state index contributed by atoms with van der Waals surface area (Å²) in [6.07, 6.45) is -0.312. The number of para-hydroxylation sites is 1. The third-order valence-electron chi connectivity index (χ3n) is 5.80. The van der Waals surface area contributed by atoms with E-state index in [1.807, 2.05) is 67.6 Å². The highest BCUT2D eigenvalue weighted by Crippen LogP contribution is 2.36. The van der Waals surface area contributed by atoms with Crippen molar-refractivity contribution in [1.29, 1.82) is 0 Å². The topological polar surface area (TPSA) is 44.8 Å². The molecular weight excluding hydrogens is 440 g/mol. The van der Waals surface area contributed by atoms with E-state index in [1.54, 1.807) is 0 Å². The smallest absolute Gasteiger partial charge is 0.338 e. The van der Waals surface area contributed by atoms with Crippen molar-refractivity contribution in [2.75, 3.05) is 13.7 Å². The number of ether oxygens (including phenoxy) is 2. The van der Waals surface area contributed by atoms with E-state index in [0.717, 1.165) is 33.6 Å². The zero-order valence-electron chi connectivity index (χ0n) is 21.3. The fourth-order valence-electron chi connectivity index (χ4n) is 3.97. The molecule has 0 amide bonds. The van der Waals surface area contributed by atoms with Crippen LogP contribution in [-0.4, -0.2) is 28.7 Å². The summed E-state index contributed by atoms with van der Waals surface area (Å²) in [7, 11) is 0.142. The molecule has 0 bridgehead atoms. The van der Waals surface area contributed by atoms with Crippen LogP contribution in [0.15, 0.2) is 66.7 Å². The summed E-state index contributed by atoms with van der Waals surface area (Å²) in [6, 6.07) is 22.1. The van der Waals surface area contributed by atoms with Gasteiger partial charge < -0.3 is 13.9 Å². The number of benzene rings is 3. The largest absolute Gasteiger partial charge is 0.483 e. The van der Waals surface area contributed by atoms with Crippen LogP contribution in [-0.2, 0) is 14.6 Å². The van der Waals surface area contributed by atoms with Crippen LogP contribution in [0.1, 0.15) is 53.9 Å². The van der Waals surface area contributed by atoms with E-state index in [-0.39, 0.29) is 17.5 Å². The molecule has 4 nitrogen and oxygen atoms in total. The van der Waals surface area contributed by atoms with Crippen molar-refractivity contribution < 1.29 is 18.7 Å². The van der Waals surface area contributed by atoms with Gasteiger partial charge in [0.05, 0.1) is 19.3 Å². The highest BCUT2D eigenvalue weighted by Gasteiger charge is 2.24. The van der Waals surface area contributed by atoms with Gasteiger partial charge in [-0.15, -0.1) is 0 Å². The van der Waals surface area contributed by atoms with E-state index in [4.69, 9.17) is 13.9 Å². The summed E-state index contributed by atoms with van der Waals surface area (Å²) in [4.78, 5) is 12.6. The fraction of sp³-hybridized carbons (Fsp3) is 0.345. The Morgan fingerprint density at radius 1 is 0.941 bits per heavy atom. The molecule has 0 radical (unpaired) electrons. The highest BCUT2D eigenvalue weighted by atomic mass is 28.3. The lowest BCUT2D eigenvalue weighted by atomic mass is 9.86. The molecule has 34 heavy (non-hydrogen) atoms. The van der Waals surface area contributed by atoms with Gasteiger partial charge in [-0.3, -0.25) is 0 Å². The quantitative estimate of drug-likeness (QED) is 0.263. The molecule has 1 unspecified atom stereocenters. The van der Waals surface area contributed by atoms with Crippen LogP contribution in [0.3, 0.4) is 0 Å². The Morgan fingerprint density at radius 2 is 1.62 bits per heavy atom. The standard InChI is InChI=1S/C29H36O4Si/c1-20-12-8-9-13-22(20)24-18-21(16-17-23(24)28(30)31-5)27(19-32-34(6)7)33-26-15-11-10-14-25(26)29(2,3)4/h8-18,27,34H,19H2,1-7H3. The molecule has 1 atom stereocenters. The molecule has 180 valence electrons. The Labute approximate surface area is 205 Å². The summed E-state index contributed by atoms with van der Waals surface area (Å²) < 4.78 is 17.9. The summed E-state index contributed by atoms with van der Waals surface area (Å²) in [5.41, 5.74) is 5.51. The van der Waals surface area contributed by atoms with Gasteiger partial charge in [0, 0.05) is 0 Å². The third kappa shape index (κ3) is 6.16. The third-order valence-corrected chi connectivity index (χ3v) is 6.66. The van der Waals surface area contributed by atoms with Crippen LogP contribution in [0.2, 0.25) is 13.1 Å². The molecule has 0 aromatic heterocycles. The Morgan fingerprint density at radius 3 is 2.26 bits per heavy atom. The van der Waals surface area contributed by atoms with E-state index in [1.165, 1.54) is 7.11 Å². The van der Waals surface area contributed by atoms with Crippen molar-refractivity contribution >= 4 is 15.0 Å². The number of hydrogen-bond donors (Lipinski definition) is 0. The number of aryl methyl sites for hydroxylation is 1. The lowest BCUT2D eigenvalue weighted by molar-refractivity contribution is 0.0601. The first-order chi connectivity index (χ1) is 16.1. The van der Waals surface area contributed by atoms with Crippen molar-refractivity contribution in [2.24, 2.45) is 0 Å². The van der Waals surface area contributed by atoms with Crippen molar-refractivity contribution in [3.8, 4) is 16.9 Å². The van der Waals surface area contributed by atoms with E-state index in [9.17, 15) is 4.79 Å². The fourth-order valence-corrected chi connectivity index (χ4v) is 4.53. The van der Waals surface area contributed by atoms with Crippen LogP contribution in [0.25, 0.3) is 11.1 Å². The summed E-state index contributed by atoms with van der Waals surface area (Å²) >= 11 is 0. The second-order valence-electron chi connectivity index (χ2n) is 9.85. The molecule has 5 heteroatoms. The van der Waals surface area contributed by atoms with Gasteiger partial charge in [-0.1, -0.05) is 69.3 Å². The summed E-state index contributed by atoms with van der Waals surface area (Å²) in [5, 5.41) is 0. The predicted octanol–water partition coefficient (Wildman–Crippen LogP) is 6.87. The Hall–Kier alpha value is -2.89. The number of methoxy groups -OCH3 is 1. The second kappa shape index (κ2) is 11.0. The summed E-state index contributed by atoms with van der Waals surface area (Å²) in [5.74, 6) is 0.495. The van der Waals surface area contributed by atoms with Crippen molar-refractivity contribution in [3.05, 3.63) is 89.0 Å². The first-order valence-corrected chi connectivity index (χ1v) is 14.6. The van der Waals surface area contributed by atoms with Gasteiger partial charge in [0.25, 0.3) is 0 Å². The summed E-state index contributed by atoms with van der Waals surface area (Å²) in [6.45, 7) is 13.4. The SMILES string of the molecule is COC(=O)c1ccc(C(CO[SiH](C)C)Oc2ccccc2C(C)(C)C)cc1-c1ccccc1C. The molecule has 0 fully saturated rings. The number of esters is 1. The normalized spacial score (nSPS) is 12.5. The molecule has 0 aliphatic heterocycles. The Kier molecular flexibility index (Phi) is 8.34. The maximum atomic E-state index is 12.6. The molecule has 0 saturated carbocycles. The van der Waals surface area contributed by atoms with Crippen molar-refractivity contribution in [2.45, 2.75) is 52.3 Å². The molecule has 0 saturated heterocycles. The number of carbonyl (C=O) groups is 1. The first-order valence-electron chi connectivity index (χ1n) is 11.8. The molecule has 3 rings (SSSR count). The molecule has 0 aliphatic carbocycles. The molecule has 0 N–H and O–H groups in total. The van der Waals surface area contributed by atoms with E-state index < -0.39 is 9.04 Å².